The summed E-state index contributed by atoms with van der Waals surface area (Å²) in [6, 6.07) is 8.02. The molecule has 6 nitrogen and oxygen atoms in total. The Bertz CT molecular complexity index is 871. The van der Waals surface area contributed by atoms with E-state index in [1.54, 1.807) is 16.4 Å². The molecule has 142 valence electrons. The van der Waals surface area contributed by atoms with E-state index in [0.29, 0.717) is 5.82 Å². The first-order valence-corrected chi connectivity index (χ1v) is 10.7. The number of aromatic nitrogens is 2. The van der Waals surface area contributed by atoms with E-state index in [1.165, 1.54) is 6.42 Å². The molecule has 0 saturated heterocycles. The third kappa shape index (κ3) is 3.74. The highest BCUT2D eigenvalue weighted by molar-refractivity contribution is 7.98. The number of carbonyl (C=O) groups excluding carboxylic acids is 2. The number of benzene rings is 1. The van der Waals surface area contributed by atoms with Crippen molar-refractivity contribution >= 4 is 29.4 Å². The molecule has 2 aliphatic rings. The molecule has 1 aromatic carbocycles. The van der Waals surface area contributed by atoms with Crippen LogP contribution in [0, 0.1) is 6.92 Å². The Hall–Kier alpha value is -2.28. The first-order valence-electron chi connectivity index (χ1n) is 9.50. The molecule has 2 aromatic rings. The monoisotopic (exact) mass is 384 g/mol. The average Bonchev–Trinajstić information content (AvgIpc) is 3.25. The number of thioether (sulfide) groups is 1. The van der Waals surface area contributed by atoms with Crippen molar-refractivity contribution < 1.29 is 9.59 Å². The van der Waals surface area contributed by atoms with Crippen molar-refractivity contribution in [3.8, 4) is 5.69 Å². The zero-order valence-electron chi connectivity index (χ0n) is 15.5. The Morgan fingerprint density at radius 1 is 1.11 bits per heavy atom. The molecule has 0 radical (unpaired) electrons. The predicted molar refractivity (Wildman–Crippen MR) is 107 cm³/mol. The van der Waals surface area contributed by atoms with Crippen LogP contribution in [0.4, 0.5) is 5.82 Å². The van der Waals surface area contributed by atoms with E-state index in [4.69, 9.17) is 5.10 Å². The highest BCUT2D eigenvalue weighted by atomic mass is 32.2. The van der Waals surface area contributed by atoms with Crippen LogP contribution in [0.5, 0.6) is 0 Å². The second-order valence-corrected chi connectivity index (χ2v) is 8.21. The minimum atomic E-state index is -0.616. The predicted octanol–water partition coefficient (Wildman–Crippen LogP) is 3.31. The van der Waals surface area contributed by atoms with Crippen LogP contribution in [0.15, 0.2) is 24.3 Å². The summed E-state index contributed by atoms with van der Waals surface area (Å²) in [6.07, 6.45) is 5.32. The lowest BCUT2D eigenvalue weighted by molar-refractivity contribution is -0.136. The number of fused-ring (bicyclic) bond motifs is 1. The molecular formula is C20H24N4O2S. The Morgan fingerprint density at radius 3 is 2.67 bits per heavy atom. The quantitative estimate of drug-likeness (QED) is 0.796. The lowest BCUT2D eigenvalue weighted by Crippen LogP contribution is -2.42. The maximum atomic E-state index is 12.6. The van der Waals surface area contributed by atoms with E-state index >= 15 is 0 Å². The van der Waals surface area contributed by atoms with Gasteiger partial charge >= 0.3 is 11.8 Å². The number of nitrogens with one attached hydrogen (secondary N) is 2. The molecular weight excluding hydrogens is 360 g/mol. The van der Waals surface area contributed by atoms with Gasteiger partial charge in [0.2, 0.25) is 0 Å². The highest BCUT2D eigenvalue weighted by Gasteiger charge is 2.27. The van der Waals surface area contributed by atoms with Crippen LogP contribution in [-0.2, 0) is 21.1 Å². The molecule has 2 heterocycles. The van der Waals surface area contributed by atoms with E-state index in [1.807, 2.05) is 31.2 Å². The van der Waals surface area contributed by atoms with Crippen molar-refractivity contribution in [2.24, 2.45) is 0 Å². The third-order valence-electron chi connectivity index (χ3n) is 5.27. The summed E-state index contributed by atoms with van der Waals surface area (Å²) in [4.78, 5) is 25.0. The average molecular weight is 385 g/mol. The zero-order chi connectivity index (χ0) is 18.8. The van der Waals surface area contributed by atoms with Crippen LogP contribution in [0.2, 0.25) is 0 Å². The van der Waals surface area contributed by atoms with Crippen LogP contribution in [0.3, 0.4) is 0 Å². The van der Waals surface area contributed by atoms with E-state index in [-0.39, 0.29) is 6.04 Å². The first-order chi connectivity index (χ1) is 13.1. The van der Waals surface area contributed by atoms with Crippen LogP contribution >= 0.6 is 11.8 Å². The van der Waals surface area contributed by atoms with E-state index in [9.17, 15) is 9.59 Å². The minimum Gasteiger partial charge on any atom is -0.345 e. The molecule has 2 N–H and O–H groups in total. The number of hydrogen-bond donors (Lipinski definition) is 2. The van der Waals surface area contributed by atoms with Gasteiger partial charge < -0.3 is 10.6 Å². The highest BCUT2D eigenvalue weighted by Crippen LogP contribution is 2.36. The van der Waals surface area contributed by atoms with Crippen molar-refractivity contribution in [2.45, 2.75) is 56.6 Å². The van der Waals surface area contributed by atoms with Crippen molar-refractivity contribution in [1.82, 2.24) is 15.1 Å². The Morgan fingerprint density at radius 2 is 1.89 bits per heavy atom. The summed E-state index contributed by atoms with van der Waals surface area (Å²) < 4.78 is 1.77. The molecule has 1 fully saturated rings. The second kappa shape index (κ2) is 7.76. The maximum Gasteiger partial charge on any atom is 0.314 e. The van der Waals surface area contributed by atoms with Gasteiger partial charge in [-0.15, -0.1) is 0 Å². The normalized spacial score (nSPS) is 16.8. The maximum absolute atomic E-state index is 12.6. The van der Waals surface area contributed by atoms with E-state index < -0.39 is 11.8 Å². The zero-order valence-corrected chi connectivity index (χ0v) is 16.3. The number of aryl methyl sites for hydroxylation is 1. The lowest BCUT2D eigenvalue weighted by atomic mass is 9.95. The standard InChI is InChI=1S/C20H24N4O2S/c1-13-7-5-6-10-17(13)24-18(15-11-27-12-16(15)23-24)22-20(26)19(25)21-14-8-3-2-4-9-14/h5-7,10,14H,2-4,8-9,11-12H2,1H3,(H,21,25)(H,22,26). The van der Waals surface area contributed by atoms with Gasteiger partial charge in [-0.3, -0.25) is 9.59 Å². The number of amides is 2. The summed E-state index contributed by atoms with van der Waals surface area (Å²) in [6.45, 7) is 2.01. The lowest BCUT2D eigenvalue weighted by Gasteiger charge is -2.22. The number of hydrogen-bond acceptors (Lipinski definition) is 4. The Balaban J connectivity index is 1.57. The molecule has 1 aromatic heterocycles. The summed E-state index contributed by atoms with van der Waals surface area (Å²) in [5.41, 5.74) is 3.97. The number of carbonyl (C=O) groups is 2. The van der Waals surface area contributed by atoms with Gasteiger partial charge in [0.05, 0.1) is 11.4 Å². The molecule has 0 atom stereocenters. The number of para-hydroxylation sites is 1. The SMILES string of the molecule is Cc1ccccc1-n1nc2c(c1NC(=O)C(=O)NC1CCCCC1)CSC2. The topological polar surface area (TPSA) is 76.0 Å². The summed E-state index contributed by atoms with van der Waals surface area (Å²) in [7, 11) is 0. The molecule has 4 rings (SSSR count). The second-order valence-electron chi connectivity index (χ2n) is 7.23. The van der Waals surface area contributed by atoms with Gasteiger partial charge in [0.1, 0.15) is 5.82 Å². The minimum absolute atomic E-state index is 0.111. The molecule has 1 aliphatic heterocycles. The van der Waals surface area contributed by atoms with Gasteiger partial charge in [-0.05, 0) is 31.4 Å². The van der Waals surface area contributed by atoms with Gasteiger partial charge in [-0.1, -0.05) is 37.5 Å². The first kappa shape index (κ1) is 18.1. The fraction of sp³-hybridized carbons (Fsp3) is 0.450. The molecule has 1 saturated carbocycles. The molecule has 27 heavy (non-hydrogen) atoms. The van der Waals surface area contributed by atoms with Crippen LogP contribution in [0.1, 0.15) is 48.9 Å². The van der Waals surface area contributed by atoms with E-state index in [0.717, 1.165) is 59.7 Å². The van der Waals surface area contributed by atoms with Crippen LogP contribution in [-0.4, -0.2) is 27.6 Å². The molecule has 0 unspecified atom stereocenters. The van der Waals surface area contributed by atoms with Crippen molar-refractivity contribution in [1.29, 1.82) is 0 Å². The van der Waals surface area contributed by atoms with E-state index in [2.05, 4.69) is 10.6 Å². The van der Waals surface area contributed by atoms with Gasteiger partial charge in [-0.2, -0.15) is 16.9 Å². The molecule has 2 amide bonds. The molecule has 7 heteroatoms. The van der Waals surface area contributed by atoms with Gasteiger partial charge in [0.25, 0.3) is 0 Å². The van der Waals surface area contributed by atoms with Crippen molar-refractivity contribution in [2.75, 3.05) is 5.32 Å². The molecule has 0 bridgehead atoms. The van der Waals surface area contributed by atoms with Crippen molar-refractivity contribution in [3.63, 3.8) is 0 Å². The molecule has 0 spiro atoms. The Kier molecular flexibility index (Phi) is 5.20. The largest absolute Gasteiger partial charge is 0.345 e. The van der Waals surface area contributed by atoms with Gasteiger partial charge in [-0.25, -0.2) is 4.68 Å². The Labute approximate surface area is 163 Å². The van der Waals surface area contributed by atoms with Gasteiger partial charge in [0.15, 0.2) is 0 Å². The van der Waals surface area contributed by atoms with Gasteiger partial charge in [0, 0.05) is 23.1 Å². The number of nitrogens with zero attached hydrogens (tertiary/aromatic N) is 2. The smallest absolute Gasteiger partial charge is 0.314 e. The fourth-order valence-electron chi connectivity index (χ4n) is 3.78. The number of rotatable bonds is 3. The molecule has 1 aliphatic carbocycles. The third-order valence-corrected chi connectivity index (χ3v) is 6.24. The summed E-state index contributed by atoms with van der Waals surface area (Å²) in [5.74, 6) is 1.06. The number of anilines is 1. The van der Waals surface area contributed by atoms with Crippen LogP contribution in [0.25, 0.3) is 5.69 Å². The summed E-state index contributed by atoms with van der Waals surface area (Å²) >= 11 is 1.77. The van der Waals surface area contributed by atoms with Crippen LogP contribution < -0.4 is 10.6 Å². The fourth-order valence-corrected chi connectivity index (χ4v) is 4.81. The van der Waals surface area contributed by atoms with Crippen molar-refractivity contribution in [3.05, 3.63) is 41.1 Å². The summed E-state index contributed by atoms with van der Waals surface area (Å²) in [5, 5.41) is 10.4.